The lowest BCUT2D eigenvalue weighted by molar-refractivity contribution is 0.0688. The molecular weight excluding hydrogens is 170 g/mol. The van der Waals surface area contributed by atoms with E-state index in [-0.39, 0.29) is 5.69 Å². The van der Waals surface area contributed by atoms with Crippen molar-refractivity contribution >= 4 is 11.8 Å². The maximum atomic E-state index is 10.7. The Kier molecular flexibility index (Phi) is 2.55. The zero-order valence-corrected chi connectivity index (χ0v) is 7.74. The van der Waals surface area contributed by atoms with Crippen LogP contribution in [-0.2, 0) is 13.5 Å². The first-order valence-electron chi connectivity index (χ1n) is 4.12. The molecule has 0 saturated carbocycles. The Morgan fingerprint density at radius 2 is 2.31 bits per heavy atom. The molecule has 0 aliphatic rings. The molecule has 5 nitrogen and oxygen atoms in total. The summed E-state index contributed by atoms with van der Waals surface area (Å²) in [5.74, 6) is -0.574. The Morgan fingerprint density at radius 1 is 1.69 bits per heavy atom. The molecule has 0 aliphatic heterocycles. The summed E-state index contributed by atoms with van der Waals surface area (Å²) in [5, 5.41) is 12.6. The highest BCUT2D eigenvalue weighted by atomic mass is 16.4. The third-order valence-corrected chi connectivity index (χ3v) is 1.90. The van der Waals surface area contributed by atoms with Gasteiger partial charge in [-0.15, -0.1) is 0 Å². The van der Waals surface area contributed by atoms with E-state index >= 15 is 0 Å². The second-order valence-corrected chi connectivity index (χ2v) is 2.89. The van der Waals surface area contributed by atoms with Gasteiger partial charge in [0.25, 0.3) is 0 Å². The molecule has 3 N–H and O–H groups in total. The standard InChI is InChI=1S/C8H13N3O2/c1-3-4-5-6(8(12)13)10-11(2)7(5)9/h3-4,9H2,1-2H3,(H,12,13). The number of carboxylic acid groups (broad SMARTS) is 1. The number of carbonyl (C=O) groups is 1. The Bertz CT molecular complexity index is 330. The van der Waals surface area contributed by atoms with Crippen LogP contribution in [0.25, 0.3) is 0 Å². The molecule has 0 aliphatic carbocycles. The molecule has 0 bridgehead atoms. The molecule has 1 heterocycles. The highest BCUT2D eigenvalue weighted by molar-refractivity contribution is 5.88. The maximum absolute atomic E-state index is 10.7. The number of rotatable bonds is 3. The minimum atomic E-state index is -1.02. The molecule has 0 fully saturated rings. The number of nitrogens with zero attached hydrogens (tertiary/aromatic N) is 2. The molecule has 13 heavy (non-hydrogen) atoms. The summed E-state index contributed by atoms with van der Waals surface area (Å²) in [7, 11) is 1.64. The molecule has 0 unspecified atom stereocenters. The number of hydrogen-bond acceptors (Lipinski definition) is 3. The van der Waals surface area contributed by atoms with Crippen LogP contribution in [0.3, 0.4) is 0 Å². The third kappa shape index (κ3) is 1.63. The van der Waals surface area contributed by atoms with Gasteiger partial charge in [-0.2, -0.15) is 5.10 Å². The fourth-order valence-electron chi connectivity index (χ4n) is 1.25. The summed E-state index contributed by atoms with van der Waals surface area (Å²) in [5.41, 5.74) is 6.37. The van der Waals surface area contributed by atoms with Crippen LogP contribution < -0.4 is 5.73 Å². The SMILES string of the molecule is CCCc1c(C(=O)O)nn(C)c1N. The van der Waals surface area contributed by atoms with Gasteiger partial charge in [0, 0.05) is 12.6 Å². The molecule has 0 radical (unpaired) electrons. The number of nitrogens with two attached hydrogens (primary N) is 1. The predicted molar refractivity (Wildman–Crippen MR) is 48.6 cm³/mol. The minimum absolute atomic E-state index is 0.0712. The Balaban J connectivity index is 3.18. The van der Waals surface area contributed by atoms with Gasteiger partial charge in [-0.1, -0.05) is 13.3 Å². The zero-order chi connectivity index (χ0) is 10.0. The lowest BCUT2D eigenvalue weighted by atomic mass is 10.1. The first-order chi connectivity index (χ1) is 6.07. The summed E-state index contributed by atoms with van der Waals surface area (Å²) >= 11 is 0. The summed E-state index contributed by atoms with van der Waals surface area (Å²) in [6.07, 6.45) is 1.51. The van der Waals surface area contributed by atoms with E-state index in [1.165, 1.54) is 4.68 Å². The van der Waals surface area contributed by atoms with E-state index in [4.69, 9.17) is 10.8 Å². The van der Waals surface area contributed by atoms with Crippen molar-refractivity contribution in [2.45, 2.75) is 19.8 Å². The van der Waals surface area contributed by atoms with Crippen LogP contribution in [0.1, 0.15) is 29.4 Å². The quantitative estimate of drug-likeness (QED) is 0.721. The monoisotopic (exact) mass is 183 g/mol. The average molecular weight is 183 g/mol. The molecule has 1 rings (SSSR count). The minimum Gasteiger partial charge on any atom is -0.476 e. The van der Waals surface area contributed by atoms with Crippen molar-refractivity contribution in [3.05, 3.63) is 11.3 Å². The molecule has 1 aromatic heterocycles. The Morgan fingerprint density at radius 3 is 2.77 bits per heavy atom. The van der Waals surface area contributed by atoms with Gasteiger partial charge in [-0.25, -0.2) is 4.79 Å². The van der Waals surface area contributed by atoms with E-state index in [2.05, 4.69) is 5.10 Å². The van der Waals surface area contributed by atoms with E-state index in [1.807, 2.05) is 6.92 Å². The second kappa shape index (κ2) is 3.47. The molecule has 0 atom stereocenters. The first kappa shape index (κ1) is 9.57. The summed E-state index contributed by atoms with van der Waals surface area (Å²) < 4.78 is 1.40. The van der Waals surface area contributed by atoms with Gasteiger partial charge < -0.3 is 10.8 Å². The fraction of sp³-hybridized carbons (Fsp3) is 0.500. The van der Waals surface area contributed by atoms with Gasteiger partial charge in [0.15, 0.2) is 5.69 Å². The summed E-state index contributed by atoms with van der Waals surface area (Å²) in [4.78, 5) is 10.7. The van der Waals surface area contributed by atoms with Gasteiger partial charge in [0.1, 0.15) is 5.82 Å². The lowest BCUT2D eigenvalue weighted by Gasteiger charge is -1.97. The first-order valence-corrected chi connectivity index (χ1v) is 4.12. The van der Waals surface area contributed by atoms with E-state index in [0.717, 1.165) is 6.42 Å². The number of aryl methyl sites for hydroxylation is 1. The largest absolute Gasteiger partial charge is 0.476 e. The van der Waals surface area contributed by atoms with Gasteiger partial charge in [0.05, 0.1) is 0 Å². The molecular formula is C8H13N3O2. The molecule has 1 aromatic rings. The second-order valence-electron chi connectivity index (χ2n) is 2.89. The van der Waals surface area contributed by atoms with Crippen molar-refractivity contribution in [2.75, 3.05) is 5.73 Å². The third-order valence-electron chi connectivity index (χ3n) is 1.90. The molecule has 0 amide bonds. The van der Waals surface area contributed by atoms with Crippen LogP contribution in [0, 0.1) is 0 Å². The number of aromatic nitrogens is 2. The van der Waals surface area contributed by atoms with Crippen LogP contribution >= 0.6 is 0 Å². The number of aromatic carboxylic acids is 1. The predicted octanol–water partition coefficient (Wildman–Crippen LogP) is 0.653. The maximum Gasteiger partial charge on any atom is 0.356 e. The summed E-state index contributed by atoms with van der Waals surface area (Å²) in [6, 6.07) is 0. The van der Waals surface area contributed by atoms with Gasteiger partial charge in [-0.3, -0.25) is 4.68 Å². The van der Waals surface area contributed by atoms with Crippen LogP contribution in [0.5, 0.6) is 0 Å². The number of anilines is 1. The zero-order valence-electron chi connectivity index (χ0n) is 7.74. The Labute approximate surface area is 76.2 Å². The molecule has 0 saturated heterocycles. The van der Waals surface area contributed by atoms with Crippen molar-refractivity contribution in [2.24, 2.45) is 7.05 Å². The fourth-order valence-corrected chi connectivity index (χ4v) is 1.25. The van der Waals surface area contributed by atoms with Gasteiger partial charge >= 0.3 is 5.97 Å². The molecule has 0 spiro atoms. The normalized spacial score (nSPS) is 10.3. The van der Waals surface area contributed by atoms with Crippen molar-refractivity contribution < 1.29 is 9.90 Å². The number of hydrogen-bond donors (Lipinski definition) is 2. The van der Waals surface area contributed by atoms with E-state index in [1.54, 1.807) is 7.05 Å². The van der Waals surface area contributed by atoms with E-state index < -0.39 is 5.97 Å². The molecule has 72 valence electrons. The van der Waals surface area contributed by atoms with Crippen molar-refractivity contribution in [3.63, 3.8) is 0 Å². The molecule has 5 heteroatoms. The summed E-state index contributed by atoms with van der Waals surface area (Å²) in [6.45, 7) is 1.97. The highest BCUT2D eigenvalue weighted by Crippen LogP contribution is 2.17. The average Bonchev–Trinajstić information content (AvgIpc) is 2.33. The van der Waals surface area contributed by atoms with Crippen LogP contribution in [0.4, 0.5) is 5.82 Å². The number of carboxylic acids is 1. The van der Waals surface area contributed by atoms with E-state index in [9.17, 15) is 4.79 Å². The van der Waals surface area contributed by atoms with Crippen LogP contribution in [-0.4, -0.2) is 20.9 Å². The number of nitrogen functional groups attached to an aromatic ring is 1. The Hall–Kier alpha value is -1.52. The highest BCUT2D eigenvalue weighted by Gasteiger charge is 2.18. The van der Waals surface area contributed by atoms with E-state index in [0.29, 0.717) is 17.8 Å². The van der Waals surface area contributed by atoms with Crippen molar-refractivity contribution in [1.29, 1.82) is 0 Å². The smallest absolute Gasteiger partial charge is 0.356 e. The molecule has 0 aromatic carbocycles. The van der Waals surface area contributed by atoms with Gasteiger partial charge in [-0.05, 0) is 6.42 Å². The van der Waals surface area contributed by atoms with Crippen molar-refractivity contribution in [1.82, 2.24) is 9.78 Å². The lowest BCUT2D eigenvalue weighted by Crippen LogP contribution is -2.02. The van der Waals surface area contributed by atoms with Gasteiger partial charge in [0.2, 0.25) is 0 Å². The van der Waals surface area contributed by atoms with Crippen LogP contribution in [0.2, 0.25) is 0 Å². The topological polar surface area (TPSA) is 81.1 Å². The van der Waals surface area contributed by atoms with Crippen LogP contribution in [0.15, 0.2) is 0 Å². The van der Waals surface area contributed by atoms with Crippen molar-refractivity contribution in [3.8, 4) is 0 Å².